The lowest BCUT2D eigenvalue weighted by molar-refractivity contribution is -0.274. The Bertz CT molecular complexity index is 1120. The third-order valence-electron chi connectivity index (χ3n) is 5.17. The first-order chi connectivity index (χ1) is 15.6. The van der Waals surface area contributed by atoms with Crippen molar-refractivity contribution in [1.82, 2.24) is 4.90 Å². The Morgan fingerprint density at radius 3 is 2.39 bits per heavy atom. The van der Waals surface area contributed by atoms with Crippen molar-refractivity contribution in [3.63, 3.8) is 0 Å². The number of alkyl halides is 3. The second-order valence-corrected chi connectivity index (χ2v) is 9.27. The van der Waals surface area contributed by atoms with Gasteiger partial charge >= 0.3 is 6.36 Å². The van der Waals surface area contributed by atoms with Crippen molar-refractivity contribution in [1.29, 1.82) is 0 Å². The van der Waals surface area contributed by atoms with Gasteiger partial charge in [-0.15, -0.1) is 13.2 Å². The Kier molecular flexibility index (Phi) is 6.28. The topological polar surface area (TPSA) is 94.2 Å². The lowest BCUT2D eigenvalue weighted by Gasteiger charge is -2.32. The summed E-state index contributed by atoms with van der Waals surface area (Å²) in [6.07, 6.45) is -2.66. The number of sulfonamides is 1. The van der Waals surface area contributed by atoms with E-state index in [1.807, 2.05) is 0 Å². The summed E-state index contributed by atoms with van der Waals surface area (Å²) in [5.74, 6) is -0.200. The van der Waals surface area contributed by atoms with Crippen molar-refractivity contribution >= 4 is 21.6 Å². The molecule has 0 aliphatic carbocycles. The van der Waals surface area contributed by atoms with Crippen LogP contribution in [0.1, 0.15) is 19.3 Å². The number of fused-ring (bicyclic) bond motifs is 1. The third kappa shape index (κ3) is 5.62. The van der Waals surface area contributed by atoms with Crippen molar-refractivity contribution in [2.45, 2.75) is 36.6 Å². The summed E-state index contributed by atoms with van der Waals surface area (Å²) in [6, 6.07) is 8.24. The molecule has 0 aromatic heterocycles. The highest BCUT2D eigenvalue weighted by Crippen LogP contribution is 2.35. The van der Waals surface area contributed by atoms with E-state index in [1.54, 1.807) is 4.90 Å². The van der Waals surface area contributed by atoms with Crippen molar-refractivity contribution in [2.75, 3.05) is 24.4 Å². The van der Waals surface area contributed by atoms with Crippen LogP contribution in [0.25, 0.3) is 0 Å². The number of anilines is 1. The monoisotopic (exact) mass is 486 g/mol. The highest BCUT2D eigenvalue weighted by Gasteiger charge is 2.33. The first-order valence-electron chi connectivity index (χ1n) is 10.2. The molecule has 178 valence electrons. The summed E-state index contributed by atoms with van der Waals surface area (Å²) in [5.41, 5.74) is 0.0478. The number of piperidine rings is 1. The number of likely N-dealkylation sites (tertiary alicyclic amines) is 1. The molecule has 1 atom stereocenters. The molecule has 2 aromatic rings. The Morgan fingerprint density at radius 1 is 1.03 bits per heavy atom. The van der Waals surface area contributed by atoms with Gasteiger partial charge in [-0.1, -0.05) is 0 Å². The van der Waals surface area contributed by atoms with Crippen molar-refractivity contribution in [3.05, 3.63) is 42.5 Å². The van der Waals surface area contributed by atoms with E-state index in [-0.39, 0.29) is 34.6 Å². The average molecular weight is 486 g/mol. The van der Waals surface area contributed by atoms with Crippen LogP contribution < -0.4 is 18.9 Å². The lowest BCUT2D eigenvalue weighted by Crippen LogP contribution is -2.48. The van der Waals surface area contributed by atoms with Gasteiger partial charge in [0.05, 0.1) is 4.90 Å². The van der Waals surface area contributed by atoms with Crippen LogP contribution in [0.3, 0.4) is 0 Å². The molecule has 2 aliphatic heterocycles. The number of rotatable bonds is 5. The van der Waals surface area contributed by atoms with Crippen LogP contribution in [0.5, 0.6) is 17.2 Å². The summed E-state index contributed by atoms with van der Waals surface area (Å²) < 4.78 is 79.6. The van der Waals surface area contributed by atoms with Gasteiger partial charge < -0.3 is 19.1 Å². The van der Waals surface area contributed by atoms with E-state index < -0.39 is 28.2 Å². The number of nitrogens with one attached hydrogen (secondary N) is 1. The summed E-state index contributed by atoms with van der Waals surface area (Å²) in [4.78, 5) is 14.2. The molecule has 4 rings (SSSR count). The molecule has 0 unspecified atom stereocenters. The van der Waals surface area contributed by atoms with E-state index in [0.717, 1.165) is 43.5 Å². The highest BCUT2D eigenvalue weighted by molar-refractivity contribution is 7.92. The number of hydrogen-bond donors (Lipinski definition) is 1. The Morgan fingerprint density at radius 2 is 1.73 bits per heavy atom. The van der Waals surface area contributed by atoms with Crippen LogP contribution in [0.4, 0.5) is 18.9 Å². The van der Waals surface area contributed by atoms with Crippen LogP contribution in [0, 0.1) is 0 Å². The summed E-state index contributed by atoms with van der Waals surface area (Å²) in [7, 11) is -4.07. The standard InChI is InChI=1S/C21H21F3N2O6S/c22-21(23,24)32-15-6-4-14(5-7-15)25-33(28,29)16-8-9-17-18(12-16)30-13-19(31-17)20(27)26-10-2-1-3-11-26/h4-9,12,19,25H,1-3,10-11,13H2/t19-/m0/s1. The molecular weight excluding hydrogens is 465 g/mol. The van der Waals surface area contributed by atoms with E-state index in [4.69, 9.17) is 9.47 Å². The lowest BCUT2D eigenvalue weighted by atomic mass is 10.1. The minimum absolute atomic E-state index is 0.0417. The number of carbonyl (C=O) groups is 1. The van der Waals surface area contributed by atoms with Crippen LogP contribution in [-0.4, -0.2) is 51.4 Å². The number of nitrogens with zero attached hydrogens (tertiary/aromatic N) is 1. The Hall–Kier alpha value is -3.15. The quantitative estimate of drug-likeness (QED) is 0.695. The SMILES string of the molecule is O=C([C@@H]1COc2cc(S(=O)(=O)Nc3ccc(OC(F)(F)F)cc3)ccc2O1)N1CCCCC1. The van der Waals surface area contributed by atoms with E-state index in [0.29, 0.717) is 13.1 Å². The number of ether oxygens (including phenoxy) is 3. The van der Waals surface area contributed by atoms with Crippen LogP contribution in [0.15, 0.2) is 47.4 Å². The van der Waals surface area contributed by atoms with Crippen LogP contribution >= 0.6 is 0 Å². The largest absolute Gasteiger partial charge is 0.573 e. The zero-order valence-electron chi connectivity index (χ0n) is 17.3. The Balaban J connectivity index is 1.43. The minimum Gasteiger partial charge on any atom is -0.485 e. The fraction of sp³-hybridized carbons (Fsp3) is 0.381. The number of amides is 1. The molecule has 2 aromatic carbocycles. The minimum atomic E-state index is -4.84. The molecule has 8 nitrogen and oxygen atoms in total. The van der Waals surface area contributed by atoms with E-state index in [2.05, 4.69) is 9.46 Å². The van der Waals surface area contributed by atoms with Gasteiger partial charge in [-0.05, 0) is 55.7 Å². The molecule has 33 heavy (non-hydrogen) atoms. The maximum Gasteiger partial charge on any atom is 0.573 e. The molecule has 0 radical (unpaired) electrons. The molecule has 0 spiro atoms. The predicted molar refractivity (Wildman–Crippen MR) is 111 cm³/mol. The maximum absolute atomic E-state index is 12.7. The first kappa shape index (κ1) is 23.0. The van der Waals surface area contributed by atoms with Gasteiger partial charge in [-0.2, -0.15) is 0 Å². The molecule has 12 heteroatoms. The Labute approximate surface area is 188 Å². The number of carbonyl (C=O) groups excluding carboxylic acids is 1. The molecule has 0 bridgehead atoms. The normalized spacial score (nSPS) is 18.5. The number of hydrogen-bond acceptors (Lipinski definition) is 6. The molecular formula is C21H21F3N2O6S. The molecule has 1 saturated heterocycles. The summed E-state index contributed by atoms with van der Waals surface area (Å²) in [6.45, 7) is 1.31. The molecule has 1 amide bonds. The second-order valence-electron chi connectivity index (χ2n) is 7.59. The summed E-state index contributed by atoms with van der Waals surface area (Å²) >= 11 is 0. The van der Waals surface area contributed by atoms with E-state index in [1.165, 1.54) is 18.2 Å². The van der Waals surface area contributed by atoms with Gasteiger partial charge in [-0.3, -0.25) is 9.52 Å². The zero-order valence-corrected chi connectivity index (χ0v) is 18.1. The molecule has 0 saturated carbocycles. The van der Waals surface area contributed by atoms with Crippen LogP contribution in [0.2, 0.25) is 0 Å². The average Bonchev–Trinajstić information content (AvgIpc) is 2.78. The van der Waals surface area contributed by atoms with Gasteiger partial charge in [0.2, 0.25) is 6.10 Å². The highest BCUT2D eigenvalue weighted by atomic mass is 32.2. The van der Waals surface area contributed by atoms with Gasteiger partial charge in [0.1, 0.15) is 12.4 Å². The van der Waals surface area contributed by atoms with Crippen molar-refractivity contribution in [3.8, 4) is 17.2 Å². The second kappa shape index (κ2) is 9.00. The fourth-order valence-corrected chi connectivity index (χ4v) is 4.67. The predicted octanol–water partition coefficient (Wildman–Crippen LogP) is 3.54. The number of halogens is 3. The van der Waals surface area contributed by atoms with Gasteiger partial charge in [0, 0.05) is 24.8 Å². The molecule has 2 aliphatic rings. The van der Waals surface area contributed by atoms with Gasteiger partial charge in [0.15, 0.2) is 11.5 Å². The zero-order chi connectivity index (χ0) is 23.6. The first-order valence-corrected chi connectivity index (χ1v) is 11.7. The van der Waals surface area contributed by atoms with E-state index >= 15 is 0 Å². The van der Waals surface area contributed by atoms with Crippen molar-refractivity contribution in [2.24, 2.45) is 0 Å². The van der Waals surface area contributed by atoms with Crippen molar-refractivity contribution < 1.29 is 40.6 Å². The van der Waals surface area contributed by atoms with Gasteiger partial charge in [0.25, 0.3) is 15.9 Å². The van der Waals surface area contributed by atoms with Crippen LogP contribution in [-0.2, 0) is 14.8 Å². The van der Waals surface area contributed by atoms with E-state index in [9.17, 15) is 26.4 Å². The molecule has 2 heterocycles. The fourth-order valence-electron chi connectivity index (χ4n) is 3.60. The maximum atomic E-state index is 12.7. The molecule has 1 N–H and O–H groups in total. The van der Waals surface area contributed by atoms with Gasteiger partial charge in [-0.25, -0.2) is 8.42 Å². The third-order valence-corrected chi connectivity index (χ3v) is 6.55. The number of benzene rings is 2. The molecule has 1 fully saturated rings. The smallest absolute Gasteiger partial charge is 0.485 e. The summed E-state index contributed by atoms with van der Waals surface area (Å²) in [5, 5.41) is 0.